The summed E-state index contributed by atoms with van der Waals surface area (Å²) < 4.78 is 19.5. The molecule has 1 aromatic rings. The van der Waals surface area contributed by atoms with Crippen molar-refractivity contribution in [2.24, 2.45) is 16.6 Å². The van der Waals surface area contributed by atoms with E-state index >= 15 is 0 Å². The first-order valence-electron chi connectivity index (χ1n) is 6.47. The Bertz CT molecular complexity index is 475. The molecule has 0 spiro atoms. The second-order valence-corrected chi connectivity index (χ2v) is 5.05. The first kappa shape index (κ1) is 11.7. The number of rotatable bonds is 2. The molecule has 2 aliphatic rings. The molecular formula is C14H17FN2O. The summed E-state index contributed by atoms with van der Waals surface area (Å²) in [6, 6.07) is 6.78. The number of aliphatic imine (C=N–C) groups is 1. The van der Waals surface area contributed by atoms with E-state index < -0.39 is 0 Å². The number of benzene rings is 1. The van der Waals surface area contributed by atoms with E-state index in [1.807, 2.05) is 0 Å². The van der Waals surface area contributed by atoms with E-state index in [-0.39, 0.29) is 18.0 Å². The van der Waals surface area contributed by atoms with Gasteiger partial charge in [0, 0.05) is 0 Å². The summed E-state index contributed by atoms with van der Waals surface area (Å²) in [4.78, 5) is 4.54. The Morgan fingerprint density at radius 2 is 2.17 bits per heavy atom. The van der Waals surface area contributed by atoms with Crippen LogP contribution in [0.15, 0.2) is 29.3 Å². The van der Waals surface area contributed by atoms with Crippen LogP contribution in [0.1, 0.15) is 24.8 Å². The zero-order valence-electron chi connectivity index (χ0n) is 10.2. The predicted octanol–water partition coefficient (Wildman–Crippen LogP) is 2.10. The lowest BCUT2D eigenvalue weighted by molar-refractivity contribution is 0.129. The van der Waals surface area contributed by atoms with Crippen LogP contribution in [0.5, 0.6) is 0 Å². The standard InChI is InChI=1S/C14H17FN2O/c15-11-4-2-1-3-10(11)14-17-12-7-9(8-16)5-6-13(12)18-14/h1-4,9,12-13H,5-8,16H2. The Morgan fingerprint density at radius 3 is 2.94 bits per heavy atom. The smallest absolute Gasteiger partial charge is 0.219 e. The Hall–Kier alpha value is -1.42. The van der Waals surface area contributed by atoms with Crippen LogP contribution in [0, 0.1) is 11.7 Å². The zero-order valence-corrected chi connectivity index (χ0v) is 10.2. The fourth-order valence-corrected chi connectivity index (χ4v) is 2.78. The molecular weight excluding hydrogens is 231 g/mol. The highest BCUT2D eigenvalue weighted by Crippen LogP contribution is 2.33. The molecule has 0 radical (unpaired) electrons. The molecule has 1 aliphatic carbocycles. The lowest BCUT2D eigenvalue weighted by atomic mass is 9.84. The van der Waals surface area contributed by atoms with Crippen molar-refractivity contribution in [3.8, 4) is 0 Å². The fourth-order valence-electron chi connectivity index (χ4n) is 2.78. The number of nitrogens with zero attached hydrogens (tertiary/aromatic N) is 1. The van der Waals surface area contributed by atoms with Crippen LogP contribution in [0.4, 0.5) is 4.39 Å². The van der Waals surface area contributed by atoms with Crippen molar-refractivity contribution in [3.63, 3.8) is 0 Å². The van der Waals surface area contributed by atoms with Crippen molar-refractivity contribution in [3.05, 3.63) is 35.6 Å². The molecule has 1 saturated carbocycles. The van der Waals surface area contributed by atoms with Gasteiger partial charge in [0.1, 0.15) is 11.9 Å². The minimum Gasteiger partial charge on any atom is -0.472 e. The number of halogens is 1. The Balaban J connectivity index is 1.82. The van der Waals surface area contributed by atoms with Gasteiger partial charge in [0.2, 0.25) is 5.90 Å². The zero-order chi connectivity index (χ0) is 12.5. The van der Waals surface area contributed by atoms with E-state index in [1.165, 1.54) is 6.07 Å². The van der Waals surface area contributed by atoms with E-state index in [9.17, 15) is 4.39 Å². The second-order valence-electron chi connectivity index (χ2n) is 5.05. The SMILES string of the molecule is NCC1CCC2OC(c3ccccc3F)=NC2C1. The van der Waals surface area contributed by atoms with Crippen molar-refractivity contribution in [1.82, 2.24) is 0 Å². The molecule has 2 N–H and O–H groups in total. The summed E-state index contributed by atoms with van der Waals surface area (Å²) in [5, 5.41) is 0. The van der Waals surface area contributed by atoms with Gasteiger partial charge in [-0.2, -0.15) is 0 Å². The Labute approximate surface area is 106 Å². The van der Waals surface area contributed by atoms with E-state index in [0.717, 1.165) is 19.3 Å². The van der Waals surface area contributed by atoms with Crippen LogP contribution in [-0.4, -0.2) is 24.6 Å². The lowest BCUT2D eigenvalue weighted by Crippen LogP contribution is -2.33. The monoisotopic (exact) mass is 248 g/mol. The van der Waals surface area contributed by atoms with Crippen LogP contribution in [0.3, 0.4) is 0 Å². The molecule has 96 valence electrons. The van der Waals surface area contributed by atoms with Gasteiger partial charge in [0.25, 0.3) is 0 Å². The van der Waals surface area contributed by atoms with Gasteiger partial charge in [-0.05, 0) is 43.9 Å². The molecule has 0 amide bonds. The summed E-state index contributed by atoms with van der Waals surface area (Å²) in [5.41, 5.74) is 6.18. The largest absolute Gasteiger partial charge is 0.472 e. The molecule has 4 heteroatoms. The lowest BCUT2D eigenvalue weighted by Gasteiger charge is -2.28. The number of hydrogen-bond acceptors (Lipinski definition) is 3. The first-order valence-corrected chi connectivity index (χ1v) is 6.47. The molecule has 0 aromatic heterocycles. The normalized spacial score (nSPS) is 30.6. The number of fused-ring (bicyclic) bond motifs is 1. The van der Waals surface area contributed by atoms with Crippen molar-refractivity contribution in [2.45, 2.75) is 31.4 Å². The number of hydrogen-bond donors (Lipinski definition) is 1. The van der Waals surface area contributed by atoms with Gasteiger partial charge in [-0.1, -0.05) is 12.1 Å². The number of nitrogens with two attached hydrogens (primary N) is 1. The van der Waals surface area contributed by atoms with Crippen molar-refractivity contribution in [2.75, 3.05) is 6.54 Å². The molecule has 0 saturated heterocycles. The van der Waals surface area contributed by atoms with Gasteiger partial charge in [0.05, 0.1) is 11.6 Å². The molecule has 18 heavy (non-hydrogen) atoms. The van der Waals surface area contributed by atoms with Gasteiger partial charge < -0.3 is 10.5 Å². The Morgan fingerprint density at radius 1 is 1.33 bits per heavy atom. The highest BCUT2D eigenvalue weighted by Gasteiger charge is 2.37. The molecule has 3 unspecified atom stereocenters. The van der Waals surface area contributed by atoms with Gasteiger partial charge in [-0.25, -0.2) is 9.38 Å². The molecule has 1 heterocycles. The average molecular weight is 248 g/mol. The topological polar surface area (TPSA) is 47.6 Å². The number of ether oxygens (including phenoxy) is 1. The van der Waals surface area contributed by atoms with Crippen LogP contribution < -0.4 is 5.73 Å². The molecule has 3 nitrogen and oxygen atoms in total. The van der Waals surface area contributed by atoms with Gasteiger partial charge >= 0.3 is 0 Å². The molecule has 1 fully saturated rings. The highest BCUT2D eigenvalue weighted by molar-refractivity contribution is 5.95. The minimum absolute atomic E-state index is 0.113. The van der Waals surface area contributed by atoms with E-state index in [4.69, 9.17) is 10.5 Å². The summed E-state index contributed by atoms with van der Waals surface area (Å²) in [6.45, 7) is 0.702. The van der Waals surface area contributed by atoms with Crippen molar-refractivity contribution < 1.29 is 9.13 Å². The minimum atomic E-state index is -0.273. The molecule has 3 atom stereocenters. The first-order chi connectivity index (χ1) is 8.78. The molecule has 3 rings (SSSR count). The van der Waals surface area contributed by atoms with Crippen LogP contribution in [0.25, 0.3) is 0 Å². The van der Waals surface area contributed by atoms with Crippen molar-refractivity contribution >= 4 is 5.90 Å². The fraction of sp³-hybridized carbons (Fsp3) is 0.500. The summed E-state index contributed by atoms with van der Waals surface area (Å²) >= 11 is 0. The van der Waals surface area contributed by atoms with Crippen LogP contribution >= 0.6 is 0 Å². The predicted molar refractivity (Wildman–Crippen MR) is 68.0 cm³/mol. The molecule has 0 bridgehead atoms. The van der Waals surface area contributed by atoms with E-state index in [1.54, 1.807) is 18.2 Å². The van der Waals surface area contributed by atoms with Gasteiger partial charge in [-0.3, -0.25) is 0 Å². The molecule has 1 aliphatic heterocycles. The van der Waals surface area contributed by atoms with Crippen LogP contribution in [0.2, 0.25) is 0 Å². The third-order valence-electron chi connectivity index (χ3n) is 3.85. The van der Waals surface area contributed by atoms with Crippen LogP contribution in [-0.2, 0) is 4.74 Å². The summed E-state index contributed by atoms with van der Waals surface area (Å²) in [5.74, 6) is 0.713. The average Bonchev–Trinajstić information content (AvgIpc) is 2.81. The third kappa shape index (κ3) is 2.01. The molecule has 1 aromatic carbocycles. The van der Waals surface area contributed by atoms with E-state index in [0.29, 0.717) is 23.9 Å². The maximum absolute atomic E-state index is 13.7. The van der Waals surface area contributed by atoms with E-state index in [2.05, 4.69) is 4.99 Å². The summed E-state index contributed by atoms with van der Waals surface area (Å²) in [6.07, 6.45) is 3.12. The van der Waals surface area contributed by atoms with Crippen molar-refractivity contribution in [1.29, 1.82) is 0 Å². The van der Waals surface area contributed by atoms with Gasteiger partial charge in [-0.15, -0.1) is 0 Å². The van der Waals surface area contributed by atoms with Gasteiger partial charge in [0.15, 0.2) is 0 Å². The Kier molecular flexibility index (Phi) is 3.04. The maximum Gasteiger partial charge on any atom is 0.219 e. The quantitative estimate of drug-likeness (QED) is 0.871. The third-order valence-corrected chi connectivity index (χ3v) is 3.85. The maximum atomic E-state index is 13.7. The second kappa shape index (κ2) is 4.69. The summed E-state index contributed by atoms with van der Waals surface area (Å²) in [7, 11) is 0. The highest BCUT2D eigenvalue weighted by atomic mass is 19.1.